The Kier molecular flexibility index (Phi) is 3.04. The Labute approximate surface area is 69.2 Å². The Morgan fingerprint density at radius 1 is 1.73 bits per heavy atom. The summed E-state index contributed by atoms with van der Waals surface area (Å²) in [6.07, 6.45) is 1.85. The predicted molar refractivity (Wildman–Crippen MR) is 41.1 cm³/mol. The zero-order valence-corrected chi connectivity index (χ0v) is 7.13. The number of nitrogens with zero attached hydrogens (tertiary/aromatic N) is 1. The van der Waals surface area contributed by atoms with Gasteiger partial charge in [0, 0.05) is 0 Å². The smallest absolute Gasteiger partial charge is 0.372 e. The summed E-state index contributed by atoms with van der Waals surface area (Å²) < 4.78 is 6.55. The number of esters is 1. The molecule has 11 heavy (non-hydrogen) atoms. The number of carbonyl (C=O) groups is 1. The number of ether oxygens (including phenoxy) is 1. The molecule has 0 aliphatic carbocycles. The second-order valence-corrected chi connectivity index (χ2v) is 2.76. The van der Waals surface area contributed by atoms with Crippen LogP contribution >= 0.6 is 11.3 Å². The van der Waals surface area contributed by atoms with Crippen LogP contribution in [0.25, 0.3) is 0 Å². The summed E-state index contributed by atoms with van der Waals surface area (Å²) in [6.45, 7) is 2.57. The fourth-order valence-electron chi connectivity index (χ4n) is 0.707. The van der Waals surface area contributed by atoms with Crippen LogP contribution in [-0.4, -0.2) is 12.6 Å². The monoisotopic (exact) mass is 172 g/mol. The Bertz CT molecular complexity index is 220. The maximum atomic E-state index is 10.9. The first kappa shape index (κ1) is 8.20. The van der Waals surface area contributed by atoms with Gasteiger partial charge in [-0.05, 0) is 6.92 Å². The number of hydrogen-bond donors (Lipinski definition) is 0. The average Bonchev–Trinajstić information content (AvgIpc) is 2.40. The molecule has 0 saturated carbocycles. The van der Waals surface area contributed by atoms with Gasteiger partial charge in [0.2, 0.25) is 12.1 Å². The van der Waals surface area contributed by atoms with E-state index in [1.54, 1.807) is 22.8 Å². The van der Waals surface area contributed by atoms with Crippen LogP contribution in [0, 0.1) is 0 Å². The third-order valence-electron chi connectivity index (χ3n) is 1.14. The van der Waals surface area contributed by atoms with E-state index in [9.17, 15) is 4.79 Å². The van der Waals surface area contributed by atoms with Gasteiger partial charge in [0.15, 0.2) is 6.20 Å². The molecule has 1 aromatic rings. The molecule has 3 nitrogen and oxygen atoms in total. The molecule has 1 heterocycles. The molecule has 1 rings (SSSR count). The molecule has 0 atom stereocenters. The molecule has 4 heteroatoms. The highest BCUT2D eigenvalue weighted by Crippen LogP contribution is 1.88. The van der Waals surface area contributed by atoms with Crippen LogP contribution in [0.5, 0.6) is 0 Å². The average molecular weight is 172 g/mol. The Hall–Kier alpha value is -0.900. The molecule has 0 aliphatic heterocycles. The number of aromatic nitrogens is 1. The van der Waals surface area contributed by atoms with Crippen LogP contribution in [0.4, 0.5) is 0 Å². The van der Waals surface area contributed by atoms with Crippen molar-refractivity contribution in [2.75, 3.05) is 6.61 Å². The summed E-state index contributed by atoms with van der Waals surface area (Å²) in [7, 11) is 0. The second-order valence-electron chi connectivity index (χ2n) is 2.00. The van der Waals surface area contributed by atoms with Crippen molar-refractivity contribution in [1.29, 1.82) is 0 Å². The molecule has 0 bridgehead atoms. The second kappa shape index (κ2) is 4.08. The zero-order valence-electron chi connectivity index (χ0n) is 6.32. The van der Waals surface area contributed by atoms with Gasteiger partial charge in [-0.25, -0.2) is 4.79 Å². The van der Waals surface area contributed by atoms with Crippen LogP contribution < -0.4 is 4.57 Å². The molecule has 0 fully saturated rings. The molecular formula is C7H10NO2S+. The molecule has 0 aromatic carbocycles. The topological polar surface area (TPSA) is 30.2 Å². The highest BCUT2D eigenvalue weighted by atomic mass is 32.1. The lowest BCUT2D eigenvalue weighted by Gasteiger charge is -1.94. The Balaban J connectivity index is 2.37. The van der Waals surface area contributed by atoms with Gasteiger partial charge in [0.25, 0.3) is 0 Å². The normalized spacial score (nSPS) is 9.55. The third kappa shape index (κ3) is 2.67. The molecule has 60 valence electrons. The van der Waals surface area contributed by atoms with E-state index in [4.69, 9.17) is 4.74 Å². The van der Waals surface area contributed by atoms with Crippen LogP contribution in [0.3, 0.4) is 0 Å². The van der Waals surface area contributed by atoms with Crippen molar-refractivity contribution in [3.63, 3.8) is 0 Å². The van der Waals surface area contributed by atoms with E-state index < -0.39 is 0 Å². The number of hydrogen-bond acceptors (Lipinski definition) is 3. The van der Waals surface area contributed by atoms with Crippen molar-refractivity contribution >= 4 is 17.3 Å². The molecule has 0 saturated heterocycles. The van der Waals surface area contributed by atoms with E-state index in [2.05, 4.69) is 0 Å². The maximum absolute atomic E-state index is 10.9. The van der Waals surface area contributed by atoms with Crippen LogP contribution in [0.2, 0.25) is 0 Å². The molecule has 0 amide bonds. The fraction of sp³-hybridized carbons (Fsp3) is 0.429. The van der Waals surface area contributed by atoms with Gasteiger partial charge in [-0.3, -0.25) is 0 Å². The van der Waals surface area contributed by atoms with Gasteiger partial charge >= 0.3 is 5.97 Å². The predicted octanol–water partition coefficient (Wildman–Crippen LogP) is 0.599. The van der Waals surface area contributed by atoms with Crippen molar-refractivity contribution in [3.05, 3.63) is 17.1 Å². The SMILES string of the molecule is CCOC(=O)C[n+]1ccsc1. The summed E-state index contributed by atoms with van der Waals surface area (Å²) in [6, 6.07) is 0. The lowest BCUT2D eigenvalue weighted by atomic mass is 10.6. The van der Waals surface area contributed by atoms with Crippen molar-refractivity contribution in [3.8, 4) is 0 Å². The van der Waals surface area contributed by atoms with Gasteiger partial charge < -0.3 is 4.74 Å². The lowest BCUT2D eigenvalue weighted by molar-refractivity contribution is -0.681. The fourth-order valence-corrected chi connectivity index (χ4v) is 1.31. The molecule has 0 spiro atoms. The third-order valence-corrected chi connectivity index (χ3v) is 1.82. The van der Waals surface area contributed by atoms with E-state index in [1.165, 1.54) is 0 Å². The van der Waals surface area contributed by atoms with Gasteiger partial charge in [-0.15, -0.1) is 0 Å². The number of carbonyl (C=O) groups excluding carboxylic acids is 1. The van der Waals surface area contributed by atoms with Crippen molar-refractivity contribution < 1.29 is 14.1 Å². The largest absolute Gasteiger partial charge is 0.461 e. The van der Waals surface area contributed by atoms with Gasteiger partial charge in [0.05, 0.1) is 12.0 Å². The summed E-state index contributed by atoms with van der Waals surface area (Å²) in [5, 5.41) is 1.92. The molecule has 0 unspecified atom stereocenters. The summed E-state index contributed by atoms with van der Waals surface area (Å²) in [5.74, 6) is -0.184. The summed E-state index contributed by atoms with van der Waals surface area (Å²) in [4.78, 5) is 10.9. The minimum atomic E-state index is -0.184. The van der Waals surface area contributed by atoms with Gasteiger partial charge in [0.1, 0.15) is 0 Å². The molecular weight excluding hydrogens is 162 g/mol. The minimum absolute atomic E-state index is 0.184. The number of rotatable bonds is 3. The van der Waals surface area contributed by atoms with Crippen molar-refractivity contribution in [1.82, 2.24) is 0 Å². The van der Waals surface area contributed by atoms with E-state index in [0.29, 0.717) is 13.2 Å². The van der Waals surface area contributed by atoms with E-state index in [1.807, 2.05) is 17.1 Å². The Morgan fingerprint density at radius 3 is 3.09 bits per heavy atom. The first-order valence-corrected chi connectivity index (χ1v) is 4.34. The summed E-state index contributed by atoms with van der Waals surface area (Å²) in [5.41, 5.74) is 1.87. The first-order chi connectivity index (χ1) is 5.33. The Morgan fingerprint density at radius 2 is 2.55 bits per heavy atom. The van der Waals surface area contributed by atoms with Crippen molar-refractivity contribution in [2.24, 2.45) is 0 Å². The standard InChI is InChI=1S/C7H10NO2S/c1-2-10-7(9)5-8-3-4-11-6-8/h3-4,6H,2,5H2,1H3/q+1. The first-order valence-electron chi connectivity index (χ1n) is 3.39. The van der Waals surface area contributed by atoms with Gasteiger partial charge in [-0.1, -0.05) is 11.3 Å². The van der Waals surface area contributed by atoms with Crippen LogP contribution in [0.1, 0.15) is 6.92 Å². The van der Waals surface area contributed by atoms with Crippen molar-refractivity contribution in [2.45, 2.75) is 13.5 Å². The van der Waals surface area contributed by atoms with Gasteiger partial charge in [-0.2, -0.15) is 4.57 Å². The van der Waals surface area contributed by atoms with E-state index in [0.717, 1.165) is 0 Å². The molecule has 0 N–H and O–H groups in total. The maximum Gasteiger partial charge on any atom is 0.372 e. The molecule has 0 aliphatic rings. The quantitative estimate of drug-likeness (QED) is 0.493. The molecule has 1 aromatic heterocycles. The van der Waals surface area contributed by atoms with Crippen LogP contribution in [0.15, 0.2) is 17.1 Å². The lowest BCUT2D eigenvalue weighted by Crippen LogP contribution is -2.35. The molecule has 0 radical (unpaired) electrons. The highest BCUT2D eigenvalue weighted by Gasteiger charge is 2.08. The minimum Gasteiger partial charge on any atom is -0.461 e. The zero-order chi connectivity index (χ0) is 8.10. The van der Waals surface area contributed by atoms with Crippen LogP contribution in [-0.2, 0) is 16.1 Å². The van der Waals surface area contributed by atoms with E-state index in [-0.39, 0.29) is 5.97 Å². The summed E-state index contributed by atoms with van der Waals surface area (Å²) >= 11 is 1.55. The van der Waals surface area contributed by atoms with E-state index >= 15 is 0 Å². The highest BCUT2D eigenvalue weighted by molar-refractivity contribution is 7.07. The number of thiazole rings is 1.